The lowest BCUT2D eigenvalue weighted by atomic mass is 10.0. The van der Waals surface area contributed by atoms with Crippen LogP contribution in [0.15, 0.2) is 18.3 Å². The minimum Gasteiger partial charge on any atom is -0.266 e. The van der Waals surface area contributed by atoms with Gasteiger partial charge < -0.3 is 0 Å². The third kappa shape index (κ3) is 0.966. The predicted molar refractivity (Wildman–Crippen MR) is 49.8 cm³/mol. The van der Waals surface area contributed by atoms with Crippen molar-refractivity contribution < 1.29 is 8.42 Å². The van der Waals surface area contributed by atoms with E-state index >= 15 is 0 Å². The molecule has 4 nitrogen and oxygen atoms in total. The molecule has 0 aromatic carbocycles. The smallest absolute Gasteiger partial charge is 0.243 e. The number of anilines is 1. The van der Waals surface area contributed by atoms with Crippen LogP contribution in [-0.2, 0) is 14.8 Å². The van der Waals surface area contributed by atoms with E-state index in [0.717, 1.165) is 5.56 Å². The van der Waals surface area contributed by atoms with E-state index in [1.165, 1.54) is 0 Å². The number of hydrogen-bond acceptors (Lipinski definition) is 3. The van der Waals surface area contributed by atoms with Gasteiger partial charge >= 0.3 is 0 Å². The van der Waals surface area contributed by atoms with Crippen molar-refractivity contribution in [2.75, 3.05) is 4.72 Å². The highest BCUT2D eigenvalue weighted by Crippen LogP contribution is 2.40. The lowest BCUT2D eigenvalue weighted by molar-refractivity contribution is 0.567. The molecule has 0 saturated heterocycles. The molecule has 0 radical (unpaired) electrons. The third-order valence-corrected chi connectivity index (χ3v) is 4.38. The number of nitrogens with zero attached hydrogens (tertiary/aromatic N) is 1. The molecule has 2 heterocycles. The zero-order chi connectivity index (χ0) is 9.69. The van der Waals surface area contributed by atoms with Crippen molar-refractivity contribution in [3.05, 3.63) is 23.9 Å². The van der Waals surface area contributed by atoms with Crippen LogP contribution >= 0.6 is 0 Å². The Morgan fingerprint density at radius 2 is 2.15 bits per heavy atom. The second-order valence-corrected chi connectivity index (χ2v) is 5.75. The Morgan fingerprint density at radius 1 is 1.46 bits per heavy atom. The van der Waals surface area contributed by atoms with Gasteiger partial charge in [-0.1, -0.05) is 6.07 Å². The normalized spacial score (nSPS) is 22.0. The van der Waals surface area contributed by atoms with Crippen LogP contribution in [0.3, 0.4) is 0 Å². The van der Waals surface area contributed by atoms with Crippen molar-refractivity contribution in [1.29, 1.82) is 0 Å². The minimum atomic E-state index is -3.30. The molecule has 1 N–H and O–H groups in total. The van der Waals surface area contributed by atoms with Gasteiger partial charge in [0.05, 0.1) is 0 Å². The van der Waals surface area contributed by atoms with Crippen molar-refractivity contribution >= 4 is 15.8 Å². The van der Waals surface area contributed by atoms with E-state index in [9.17, 15) is 8.42 Å². The fraction of sp³-hybridized carbons (Fsp3) is 0.375. The van der Waals surface area contributed by atoms with Gasteiger partial charge in [-0.2, -0.15) is 0 Å². The maximum absolute atomic E-state index is 11.6. The first-order valence-corrected chi connectivity index (χ1v) is 5.41. The third-order valence-electron chi connectivity index (χ3n) is 2.36. The summed E-state index contributed by atoms with van der Waals surface area (Å²) in [6, 6.07) is 3.52. The minimum absolute atomic E-state index is 0.451. The van der Waals surface area contributed by atoms with Gasteiger partial charge in [0.2, 0.25) is 10.0 Å². The highest BCUT2D eigenvalue weighted by atomic mass is 32.2. The van der Waals surface area contributed by atoms with Gasteiger partial charge in [0.25, 0.3) is 0 Å². The monoisotopic (exact) mass is 198 g/mol. The molecule has 1 aromatic heterocycles. The quantitative estimate of drug-likeness (QED) is 0.678. The summed E-state index contributed by atoms with van der Waals surface area (Å²) in [5, 5.41) is 0. The molecule has 13 heavy (non-hydrogen) atoms. The van der Waals surface area contributed by atoms with Crippen LogP contribution in [0.5, 0.6) is 0 Å². The first-order valence-electron chi connectivity index (χ1n) is 3.93. The lowest BCUT2D eigenvalue weighted by Crippen LogP contribution is -2.26. The Labute approximate surface area is 77.1 Å². The Hall–Kier alpha value is -1.10. The number of fused-ring (bicyclic) bond motifs is 1. The lowest BCUT2D eigenvalue weighted by Gasteiger charge is -2.15. The van der Waals surface area contributed by atoms with Crippen molar-refractivity contribution in [3.63, 3.8) is 0 Å². The first-order chi connectivity index (χ1) is 5.95. The van der Waals surface area contributed by atoms with Gasteiger partial charge in [-0.25, -0.2) is 13.4 Å². The van der Waals surface area contributed by atoms with Crippen LogP contribution in [0.2, 0.25) is 0 Å². The van der Waals surface area contributed by atoms with Crippen molar-refractivity contribution in [2.24, 2.45) is 0 Å². The Bertz CT molecular complexity index is 451. The molecule has 0 aliphatic carbocycles. The van der Waals surface area contributed by atoms with Gasteiger partial charge in [0, 0.05) is 11.8 Å². The molecular weight excluding hydrogens is 188 g/mol. The highest BCUT2D eigenvalue weighted by molar-refractivity contribution is 7.94. The standard InChI is InChI=1S/C8H10N2O2S/c1-8(2)6-4-3-5-9-7(6)10-13(8,11)12/h3-5H,1-2H3,(H,9,10). The van der Waals surface area contributed by atoms with Crippen LogP contribution in [0.25, 0.3) is 0 Å². The molecular formula is C8H10N2O2S. The molecule has 1 aromatic rings. The summed E-state index contributed by atoms with van der Waals surface area (Å²) in [5.74, 6) is 0.451. The maximum atomic E-state index is 11.6. The van der Waals surface area contributed by atoms with Gasteiger partial charge in [0.15, 0.2) is 0 Å². The first kappa shape index (κ1) is 8.50. The van der Waals surface area contributed by atoms with Crippen molar-refractivity contribution in [2.45, 2.75) is 18.6 Å². The summed E-state index contributed by atoms with van der Waals surface area (Å²) in [6.07, 6.45) is 1.57. The Kier molecular flexibility index (Phi) is 1.46. The summed E-state index contributed by atoms with van der Waals surface area (Å²) < 4.78 is 24.7. The average Bonchev–Trinajstić information content (AvgIpc) is 2.20. The van der Waals surface area contributed by atoms with Gasteiger partial charge in [-0.3, -0.25) is 4.72 Å². The molecule has 0 amide bonds. The van der Waals surface area contributed by atoms with Crippen molar-refractivity contribution in [3.8, 4) is 0 Å². The van der Waals surface area contributed by atoms with Gasteiger partial charge in [-0.05, 0) is 19.9 Å². The predicted octanol–water partition coefficient (Wildman–Crippen LogP) is 1.07. The van der Waals surface area contributed by atoms with Crippen molar-refractivity contribution in [1.82, 2.24) is 4.98 Å². The van der Waals surface area contributed by atoms with E-state index in [0.29, 0.717) is 5.82 Å². The molecule has 0 saturated carbocycles. The number of pyridine rings is 1. The van der Waals surface area contributed by atoms with Crippen LogP contribution < -0.4 is 4.72 Å². The van der Waals surface area contributed by atoms with Crippen LogP contribution in [-0.4, -0.2) is 13.4 Å². The van der Waals surface area contributed by atoms with Crippen LogP contribution in [0, 0.1) is 0 Å². The molecule has 0 bridgehead atoms. The molecule has 70 valence electrons. The molecule has 5 heteroatoms. The van der Waals surface area contributed by atoms with E-state index in [1.807, 2.05) is 0 Å². The summed E-state index contributed by atoms with van der Waals surface area (Å²) >= 11 is 0. The summed E-state index contributed by atoms with van der Waals surface area (Å²) in [4.78, 5) is 3.96. The van der Waals surface area contributed by atoms with E-state index in [4.69, 9.17) is 0 Å². The molecule has 0 fully saturated rings. The topological polar surface area (TPSA) is 59.1 Å². The summed E-state index contributed by atoms with van der Waals surface area (Å²) in [6.45, 7) is 3.34. The second kappa shape index (κ2) is 2.23. The van der Waals surface area contributed by atoms with Gasteiger partial charge in [0.1, 0.15) is 10.6 Å². The highest BCUT2D eigenvalue weighted by Gasteiger charge is 2.44. The molecule has 2 rings (SSSR count). The van der Waals surface area contributed by atoms with E-state index in [-0.39, 0.29) is 0 Å². The fourth-order valence-corrected chi connectivity index (χ4v) is 2.50. The summed E-state index contributed by atoms with van der Waals surface area (Å²) in [5.41, 5.74) is 0.731. The second-order valence-electron chi connectivity index (χ2n) is 3.52. The molecule has 0 spiro atoms. The number of nitrogens with one attached hydrogen (secondary N) is 1. The van der Waals surface area contributed by atoms with E-state index in [2.05, 4.69) is 9.71 Å². The molecule has 1 aliphatic heterocycles. The average molecular weight is 198 g/mol. The zero-order valence-electron chi connectivity index (χ0n) is 7.40. The molecule has 1 aliphatic rings. The van der Waals surface area contributed by atoms with Gasteiger partial charge in [-0.15, -0.1) is 0 Å². The Balaban J connectivity index is 2.74. The number of rotatable bonds is 0. The van der Waals surface area contributed by atoms with E-state index in [1.54, 1.807) is 32.2 Å². The van der Waals surface area contributed by atoms with Crippen LogP contribution in [0.4, 0.5) is 5.82 Å². The SMILES string of the molecule is CC1(C)c2cccnc2NS1(=O)=O. The maximum Gasteiger partial charge on any atom is 0.243 e. The molecule has 0 unspecified atom stereocenters. The van der Waals surface area contributed by atoms with Crippen LogP contribution in [0.1, 0.15) is 19.4 Å². The number of aromatic nitrogens is 1. The molecule has 0 atom stereocenters. The Morgan fingerprint density at radius 3 is 2.77 bits per heavy atom. The zero-order valence-corrected chi connectivity index (χ0v) is 8.22. The summed E-state index contributed by atoms with van der Waals surface area (Å²) in [7, 11) is -3.30. The fourth-order valence-electron chi connectivity index (χ4n) is 1.37. The largest absolute Gasteiger partial charge is 0.266 e. The number of sulfonamides is 1. The van der Waals surface area contributed by atoms with E-state index < -0.39 is 14.8 Å². The number of hydrogen-bond donors (Lipinski definition) is 1.